The molecule has 0 aliphatic carbocycles. The Morgan fingerprint density at radius 1 is 0.769 bits per heavy atom. The number of ketones is 1. The maximum absolute atomic E-state index is 12.2. The van der Waals surface area contributed by atoms with E-state index in [9.17, 15) is 9.59 Å². The third kappa shape index (κ3) is 4.68. The highest BCUT2D eigenvalue weighted by Crippen LogP contribution is 2.14. The molecule has 1 N–H and O–H groups in total. The molecule has 3 aromatic rings. The van der Waals surface area contributed by atoms with E-state index in [1.165, 1.54) is 6.08 Å². The minimum atomic E-state index is -0.188. The number of nitrogens with one attached hydrogen (secondary N) is 1. The van der Waals surface area contributed by atoms with Crippen LogP contribution in [0.1, 0.15) is 26.3 Å². The molecule has 3 aromatic carbocycles. The van der Waals surface area contributed by atoms with E-state index in [-0.39, 0.29) is 11.7 Å². The fraction of sp³-hybridized carbons (Fsp3) is 0. The fourth-order valence-corrected chi connectivity index (χ4v) is 2.48. The molecule has 0 radical (unpaired) electrons. The van der Waals surface area contributed by atoms with E-state index in [1.807, 2.05) is 30.3 Å². The van der Waals surface area contributed by atoms with Gasteiger partial charge in [0.15, 0.2) is 5.78 Å². The van der Waals surface area contributed by atoms with Gasteiger partial charge < -0.3 is 5.32 Å². The highest BCUT2D eigenvalue weighted by Gasteiger charge is 2.06. The molecule has 3 rings (SSSR count). The summed E-state index contributed by atoms with van der Waals surface area (Å²) in [6.07, 6.45) is 3.25. The maximum Gasteiger partial charge on any atom is 0.255 e. The van der Waals surface area contributed by atoms with Crippen molar-refractivity contribution in [1.82, 2.24) is 0 Å². The van der Waals surface area contributed by atoms with Gasteiger partial charge in [-0.15, -0.1) is 0 Å². The number of hydrogen-bond acceptors (Lipinski definition) is 2. The van der Waals surface area contributed by atoms with E-state index in [2.05, 4.69) is 5.32 Å². The van der Waals surface area contributed by atoms with Crippen LogP contribution < -0.4 is 5.32 Å². The Kier molecular flexibility index (Phi) is 5.62. The van der Waals surface area contributed by atoms with Gasteiger partial charge in [-0.2, -0.15) is 0 Å². The molecule has 0 saturated heterocycles. The van der Waals surface area contributed by atoms with Crippen molar-refractivity contribution < 1.29 is 9.59 Å². The highest BCUT2D eigenvalue weighted by atomic mass is 35.5. The van der Waals surface area contributed by atoms with Gasteiger partial charge in [0.25, 0.3) is 5.91 Å². The molecule has 0 fully saturated rings. The number of amides is 1. The smallest absolute Gasteiger partial charge is 0.255 e. The Labute approximate surface area is 156 Å². The van der Waals surface area contributed by atoms with Crippen LogP contribution in [0.2, 0.25) is 5.02 Å². The van der Waals surface area contributed by atoms with Crippen LogP contribution in [-0.2, 0) is 0 Å². The number of rotatable bonds is 5. The molecule has 26 heavy (non-hydrogen) atoms. The molecular formula is C22H16ClNO2. The van der Waals surface area contributed by atoms with Gasteiger partial charge in [-0.05, 0) is 60.2 Å². The summed E-state index contributed by atoms with van der Waals surface area (Å²) in [5, 5.41) is 3.46. The molecule has 0 bridgehead atoms. The van der Waals surface area contributed by atoms with E-state index >= 15 is 0 Å². The Morgan fingerprint density at radius 2 is 1.42 bits per heavy atom. The van der Waals surface area contributed by atoms with Gasteiger partial charge in [-0.1, -0.05) is 48.0 Å². The number of hydrogen-bond donors (Lipinski definition) is 1. The summed E-state index contributed by atoms with van der Waals surface area (Å²) in [5.41, 5.74) is 2.66. The zero-order valence-electron chi connectivity index (χ0n) is 13.9. The Balaban J connectivity index is 1.64. The van der Waals surface area contributed by atoms with Crippen LogP contribution in [0.3, 0.4) is 0 Å². The Hall–Kier alpha value is -3.17. The number of benzene rings is 3. The predicted molar refractivity (Wildman–Crippen MR) is 106 cm³/mol. The first-order valence-corrected chi connectivity index (χ1v) is 8.44. The first-order valence-electron chi connectivity index (χ1n) is 8.06. The molecule has 0 heterocycles. The topological polar surface area (TPSA) is 46.2 Å². The van der Waals surface area contributed by atoms with Crippen molar-refractivity contribution in [2.75, 3.05) is 5.32 Å². The number of carbonyl (C=O) groups is 2. The molecular weight excluding hydrogens is 346 g/mol. The van der Waals surface area contributed by atoms with Gasteiger partial charge in [0.2, 0.25) is 0 Å². The fourth-order valence-electron chi connectivity index (χ4n) is 2.35. The van der Waals surface area contributed by atoms with Crippen LogP contribution in [0.15, 0.2) is 84.9 Å². The van der Waals surface area contributed by atoms with Crippen molar-refractivity contribution in [3.05, 3.63) is 107 Å². The lowest BCUT2D eigenvalue weighted by Crippen LogP contribution is -2.11. The molecule has 0 aliphatic heterocycles. The lowest BCUT2D eigenvalue weighted by molar-refractivity contribution is 0.102. The van der Waals surface area contributed by atoms with E-state index in [4.69, 9.17) is 11.6 Å². The minimum Gasteiger partial charge on any atom is -0.322 e. The lowest BCUT2D eigenvalue weighted by Gasteiger charge is -2.05. The molecule has 0 unspecified atom stereocenters. The van der Waals surface area contributed by atoms with Crippen molar-refractivity contribution in [3.63, 3.8) is 0 Å². The summed E-state index contributed by atoms with van der Waals surface area (Å²) >= 11 is 5.84. The van der Waals surface area contributed by atoms with Crippen LogP contribution >= 0.6 is 11.6 Å². The highest BCUT2D eigenvalue weighted by molar-refractivity contribution is 6.30. The summed E-state index contributed by atoms with van der Waals surface area (Å²) in [5.74, 6) is -0.298. The van der Waals surface area contributed by atoms with Crippen molar-refractivity contribution in [3.8, 4) is 0 Å². The van der Waals surface area contributed by atoms with Gasteiger partial charge in [-0.25, -0.2) is 0 Å². The van der Waals surface area contributed by atoms with Crippen molar-refractivity contribution in [2.45, 2.75) is 0 Å². The molecule has 0 aromatic heterocycles. The Morgan fingerprint density at radius 3 is 2.08 bits per heavy atom. The second-order valence-corrected chi connectivity index (χ2v) is 6.08. The van der Waals surface area contributed by atoms with Gasteiger partial charge >= 0.3 is 0 Å². The summed E-state index contributed by atoms with van der Waals surface area (Å²) in [6, 6.07) is 23.0. The standard InChI is InChI=1S/C22H16ClNO2/c23-19-11-6-16(7-12-19)8-15-21(25)17-9-13-20(14-10-17)24-22(26)18-4-2-1-3-5-18/h1-15H,(H,24,26)/b15-8+. The van der Waals surface area contributed by atoms with Gasteiger partial charge in [0.05, 0.1) is 0 Å². The van der Waals surface area contributed by atoms with Crippen LogP contribution in [-0.4, -0.2) is 11.7 Å². The SMILES string of the molecule is O=C(/C=C/c1ccc(Cl)cc1)c1ccc(NC(=O)c2ccccc2)cc1. The van der Waals surface area contributed by atoms with Gasteiger partial charge in [0.1, 0.15) is 0 Å². The normalized spacial score (nSPS) is 10.7. The molecule has 0 spiro atoms. The molecule has 0 saturated carbocycles. The summed E-state index contributed by atoms with van der Waals surface area (Å²) in [4.78, 5) is 24.4. The molecule has 0 atom stereocenters. The first kappa shape index (κ1) is 17.6. The maximum atomic E-state index is 12.2. The lowest BCUT2D eigenvalue weighted by atomic mass is 10.1. The number of halogens is 1. The molecule has 1 amide bonds. The molecule has 3 nitrogen and oxygen atoms in total. The van der Waals surface area contributed by atoms with E-state index in [0.717, 1.165) is 5.56 Å². The minimum absolute atomic E-state index is 0.110. The molecule has 128 valence electrons. The second-order valence-electron chi connectivity index (χ2n) is 5.65. The quantitative estimate of drug-likeness (QED) is 0.482. The monoisotopic (exact) mass is 361 g/mol. The van der Waals surface area contributed by atoms with Crippen LogP contribution in [0, 0.1) is 0 Å². The summed E-state index contributed by atoms with van der Waals surface area (Å²) in [7, 11) is 0. The molecule has 4 heteroatoms. The summed E-state index contributed by atoms with van der Waals surface area (Å²) < 4.78 is 0. The molecule has 0 aliphatic rings. The second kappa shape index (κ2) is 8.28. The largest absolute Gasteiger partial charge is 0.322 e. The van der Waals surface area contributed by atoms with Crippen LogP contribution in [0.25, 0.3) is 6.08 Å². The van der Waals surface area contributed by atoms with Crippen molar-refractivity contribution in [1.29, 1.82) is 0 Å². The third-order valence-corrected chi connectivity index (χ3v) is 4.01. The predicted octanol–water partition coefficient (Wildman–Crippen LogP) is 5.49. The van der Waals surface area contributed by atoms with E-state index in [0.29, 0.717) is 21.8 Å². The summed E-state index contributed by atoms with van der Waals surface area (Å²) in [6.45, 7) is 0. The Bertz CT molecular complexity index is 930. The third-order valence-electron chi connectivity index (χ3n) is 3.76. The van der Waals surface area contributed by atoms with Gasteiger partial charge in [-0.3, -0.25) is 9.59 Å². The van der Waals surface area contributed by atoms with E-state index in [1.54, 1.807) is 54.6 Å². The first-order chi connectivity index (χ1) is 12.6. The van der Waals surface area contributed by atoms with E-state index < -0.39 is 0 Å². The van der Waals surface area contributed by atoms with Crippen LogP contribution in [0.4, 0.5) is 5.69 Å². The average molecular weight is 362 g/mol. The number of anilines is 1. The van der Waals surface area contributed by atoms with Crippen LogP contribution in [0.5, 0.6) is 0 Å². The zero-order valence-corrected chi connectivity index (χ0v) is 14.6. The number of carbonyl (C=O) groups excluding carboxylic acids is 2. The average Bonchev–Trinajstić information content (AvgIpc) is 2.68. The van der Waals surface area contributed by atoms with Crippen molar-refractivity contribution in [2.24, 2.45) is 0 Å². The van der Waals surface area contributed by atoms with Crippen molar-refractivity contribution >= 4 is 35.1 Å². The number of allylic oxidation sites excluding steroid dienone is 1. The zero-order chi connectivity index (χ0) is 18.4. The van der Waals surface area contributed by atoms with Gasteiger partial charge in [0, 0.05) is 21.8 Å².